The Morgan fingerprint density at radius 3 is 2.80 bits per heavy atom. The monoisotopic (exact) mass is 294 g/mol. The number of rotatable bonds is 3. The fraction of sp³-hybridized carbons (Fsp3) is 0.200. The molecule has 0 amide bonds. The molecule has 1 heterocycles. The maximum Gasteiger partial charge on any atom is 0.139 e. The van der Waals surface area contributed by atoms with Gasteiger partial charge in [0.15, 0.2) is 0 Å². The summed E-state index contributed by atoms with van der Waals surface area (Å²) >= 11 is 0. The minimum Gasteiger partial charge on any atom is -0.489 e. The first-order chi connectivity index (χ1) is 9.63. The van der Waals surface area contributed by atoms with E-state index in [0.717, 1.165) is 5.56 Å². The van der Waals surface area contributed by atoms with Gasteiger partial charge in [0.2, 0.25) is 0 Å². The Hall–Kier alpha value is -1.75. The highest BCUT2D eigenvalue weighted by molar-refractivity contribution is 7.85. The molecule has 0 N–H and O–H groups in total. The predicted molar refractivity (Wildman–Crippen MR) is 72.2 cm³/mol. The van der Waals surface area contributed by atoms with Crippen LogP contribution < -0.4 is 4.74 Å². The molecule has 0 radical (unpaired) electrons. The molecule has 20 heavy (non-hydrogen) atoms. The van der Waals surface area contributed by atoms with Crippen LogP contribution in [0.2, 0.25) is 0 Å². The lowest BCUT2D eigenvalue weighted by atomic mass is 10.1. The van der Waals surface area contributed by atoms with Gasteiger partial charge >= 0.3 is 0 Å². The van der Waals surface area contributed by atoms with Gasteiger partial charge in [-0.2, -0.15) is 0 Å². The van der Waals surface area contributed by atoms with Crippen molar-refractivity contribution < 1.29 is 17.7 Å². The Morgan fingerprint density at radius 2 is 2.00 bits per heavy atom. The number of benzene rings is 2. The van der Waals surface area contributed by atoms with Crippen LogP contribution in [-0.2, 0) is 17.2 Å². The van der Waals surface area contributed by atoms with Crippen LogP contribution in [0.1, 0.15) is 5.56 Å². The number of fused-ring (bicyclic) bond motifs is 1. The lowest BCUT2D eigenvalue weighted by molar-refractivity contribution is 0.258. The van der Waals surface area contributed by atoms with Crippen molar-refractivity contribution in [3.8, 4) is 5.75 Å². The van der Waals surface area contributed by atoms with E-state index in [0.29, 0.717) is 12.2 Å². The summed E-state index contributed by atoms with van der Waals surface area (Å²) in [6.07, 6.45) is 0.181. The molecule has 2 aromatic carbocycles. The van der Waals surface area contributed by atoms with Gasteiger partial charge in [0.25, 0.3) is 0 Å². The molecule has 2 aromatic rings. The zero-order valence-corrected chi connectivity index (χ0v) is 11.3. The zero-order valence-electron chi connectivity index (χ0n) is 10.5. The summed E-state index contributed by atoms with van der Waals surface area (Å²) in [5.74, 6) is 0.00887. The Kier molecular flexibility index (Phi) is 3.53. The predicted octanol–water partition coefficient (Wildman–Crippen LogP) is 3.08. The van der Waals surface area contributed by atoms with Crippen molar-refractivity contribution >= 4 is 10.8 Å². The standard InChI is InChI=1S/C15H12F2O2S/c16-11-5-6-14-10(7-11)8-12(19-14)9-20(18)15-4-2-1-3-13(15)17/h1-7,12H,8-9H2. The van der Waals surface area contributed by atoms with Gasteiger partial charge in [-0.1, -0.05) is 12.1 Å². The summed E-state index contributed by atoms with van der Waals surface area (Å²) < 4.78 is 44.4. The third-order valence-electron chi connectivity index (χ3n) is 3.18. The van der Waals surface area contributed by atoms with Crippen LogP contribution in [0.25, 0.3) is 0 Å². The first-order valence-corrected chi connectivity index (χ1v) is 7.53. The summed E-state index contributed by atoms with van der Waals surface area (Å²) in [5.41, 5.74) is 0.764. The zero-order chi connectivity index (χ0) is 14.1. The first kappa shape index (κ1) is 13.2. The normalized spacial score (nSPS) is 18.4. The van der Waals surface area contributed by atoms with Gasteiger partial charge in [-0.25, -0.2) is 8.78 Å². The minimum atomic E-state index is -1.47. The minimum absolute atomic E-state index is 0.179. The maximum atomic E-state index is 13.5. The fourth-order valence-electron chi connectivity index (χ4n) is 2.27. The third kappa shape index (κ3) is 2.58. The van der Waals surface area contributed by atoms with Gasteiger partial charge in [-0.05, 0) is 30.3 Å². The van der Waals surface area contributed by atoms with E-state index >= 15 is 0 Å². The second-order valence-electron chi connectivity index (χ2n) is 4.64. The highest BCUT2D eigenvalue weighted by Gasteiger charge is 2.26. The van der Waals surface area contributed by atoms with Crippen LogP contribution >= 0.6 is 0 Å². The molecule has 104 valence electrons. The summed E-state index contributed by atoms with van der Waals surface area (Å²) in [7, 11) is -1.47. The van der Waals surface area contributed by atoms with E-state index in [-0.39, 0.29) is 22.6 Å². The summed E-state index contributed by atoms with van der Waals surface area (Å²) in [4.78, 5) is 0.179. The van der Waals surface area contributed by atoms with Crippen molar-refractivity contribution in [1.82, 2.24) is 0 Å². The molecule has 3 rings (SSSR count). The number of hydrogen-bond acceptors (Lipinski definition) is 2. The Morgan fingerprint density at radius 1 is 1.20 bits per heavy atom. The molecule has 0 saturated heterocycles. The summed E-state index contributed by atoms with van der Waals surface area (Å²) in [6.45, 7) is 0. The quantitative estimate of drug-likeness (QED) is 0.869. The molecule has 0 aromatic heterocycles. The van der Waals surface area contributed by atoms with Crippen molar-refractivity contribution in [2.45, 2.75) is 17.4 Å². The molecular formula is C15H12F2O2S. The van der Waals surface area contributed by atoms with Crippen LogP contribution in [0.5, 0.6) is 5.75 Å². The van der Waals surface area contributed by atoms with Crippen LogP contribution in [0.3, 0.4) is 0 Å². The van der Waals surface area contributed by atoms with Crippen molar-refractivity contribution in [1.29, 1.82) is 0 Å². The highest BCUT2D eigenvalue weighted by atomic mass is 32.2. The van der Waals surface area contributed by atoms with Gasteiger partial charge in [-0.15, -0.1) is 0 Å². The first-order valence-electron chi connectivity index (χ1n) is 6.21. The molecular weight excluding hydrogens is 282 g/mol. The number of halogens is 2. The molecule has 2 atom stereocenters. The van der Waals surface area contributed by atoms with Crippen molar-refractivity contribution in [2.75, 3.05) is 5.75 Å². The summed E-state index contributed by atoms with van der Waals surface area (Å²) in [6, 6.07) is 10.3. The molecule has 0 fully saturated rings. The SMILES string of the molecule is O=S(CC1Cc2cc(F)ccc2O1)c1ccccc1F. The van der Waals surface area contributed by atoms with Gasteiger partial charge < -0.3 is 4.74 Å². The maximum absolute atomic E-state index is 13.5. The number of hydrogen-bond donors (Lipinski definition) is 0. The Labute approximate surface area is 117 Å². The highest BCUT2D eigenvalue weighted by Crippen LogP contribution is 2.30. The molecule has 0 bridgehead atoms. The van der Waals surface area contributed by atoms with Gasteiger partial charge in [-0.3, -0.25) is 4.21 Å². The topological polar surface area (TPSA) is 26.3 Å². The van der Waals surface area contributed by atoms with E-state index in [2.05, 4.69) is 0 Å². The van der Waals surface area contributed by atoms with E-state index < -0.39 is 16.6 Å². The van der Waals surface area contributed by atoms with E-state index in [4.69, 9.17) is 4.74 Å². The third-order valence-corrected chi connectivity index (χ3v) is 4.68. The van der Waals surface area contributed by atoms with Crippen LogP contribution in [0, 0.1) is 11.6 Å². The summed E-state index contributed by atoms with van der Waals surface area (Å²) in [5, 5.41) is 0. The van der Waals surface area contributed by atoms with Crippen molar-refractivity contribution in [3.05, 3.63) is 59.7 Å². The average molecular weight is 294 g/mol. The van der Waals surface area contributed by atoms with Crippen molar-refractivity contribution in [2.24, 2.45) is 0 Å². The Bertz CT molecular complexity index is 673. The molecule has 2 nitrogen and oxygen atoms in total. The number of ether oxygens (including phenoxy) is 1. The van der Waals surface area contributed by atoms with Gasteiger partial charge in [0.1, 0.15) is 23.5 Å². The van der Waals surface area contributed by atoms with E-state index in [1.165, 1.54) is 24.3 Å². The van der Waals surface area contributed by atoms with Crippen LogP contribution in [-0.4, -0.2) is 16.1 Å². The molecule has 0 aliphatic carbocycles. The van der Waals surface area contributed by atoms with Crippen LogP contribution in [0.15, 0.2) is 47.4 Å². The molecule has 1 aliphatic rings. The molecule has 0 spiro atoms. The lowest BCUT2D eigenvalue weighted by Crippen LogP contribution is -2.22. The van der Waals surface area contributed by atoms with Gasteiger partial charge in [0, 0.05) is 12.0 Å². The van der Waals surface area contributed by atoms with E-state index in [1.807, 2.05) is 0 Å². The van der Waals surface area contributed by atoms with E-state index in [1.54, 1.807) is 18.2 Å². The second-order valence-corrected chi connectivity index (χ2v) is 6.10. The average Bonchev–Trinajstić information content (AvgIpc) is 2.80. The Balaban J connectivity index is 1.72. The van der Waals surface area contributed by atoms with E-state index in [9.17, 15) is 13.0 Å². The van der Waals surface area contributed by atoms with Crippen LogP contribution in [0.4, 0.5) is 8.78 Å². The largest absolute Gasteiger partial charge is 0.489 e. The van der Waals surface area contributed by atoms with Gasteiger partial charge in [0.05, 0.1) is 21.4 Å². The second kappa shape index (κ2) is 5.32. The molecule has 2 unspecified atom stereocenters. The fourth-order valence-corrected chi connectivity index (χ4v) is 3.49. The lowest BCUT2D eigenvalue weighted by Gasteiger charge is -2.10. The molecule has 1 aliphatic heterocycles. The molecule has 0 saturated carbocycles. The van der Waals surface area contributed by atoms with Crippen molar-refractivity contribution in [3.63, 3.8) is 0 Å². The smallest absolute Gasteiger partial charge is 0.139 e. The molecule has 5 heteroatoms.